The molecule has 1 heteroatoms. The molecule has 1 nitrogen and oxygen atoms in total. The monoisotopic (exact) mass is 217 g/mol. The first-order chi connectivity index (χ1) is 7.77. The van der Waals surface area contributed by atoms with E-state index >= 15 is 0 Å². The molecule has 16 heavy (non-hydrogen) atoms. The minimum Gasteiger partial charge on any atom is -0.317 e. The van der Waals surface area contributed by atoms with Crippen LogP contribution in [0.2, 0.25) is 0 Å². The van der Waals surface area contributed by atoms with Gasteiger partial charge in [-0.05, 0) is 50.8 Å². The molecule has 1 rings (SSSR count). The quantitative estimate of drug-likeness (QED) is 0.544. The van der Waals surface area contributed by atoms with Gasteiger partial charge in [-0.1, -0.05) is 30.3 Å². The number of benzene rings is 1. The van der Waals surface area contributed by atoms with Crippen molar-refractivity contribution in [2.75, 3.05) is 7.05 Å². The highest BCUT2D eigenvalue weighted by Gasteiger charge is 2.07. The van der Waals surface area contributed by atoms with Crippen molar-refractivity contribution >= 4 is 0 Å². The van der Waals surface area contributed by atoms with Gasteiger partial charge in [0.05, 0.1) is 0 Å². The molecule has 1 N–H and O–H groups in total. The molecule has 1 aromatic rings. The van der Waals surface area contributed by atoms with E-state index in [0.29, 0.717) is 6.04 Å². The molecule has 0 aliphatic carbocycles. The molecule has 1 aromatic carbocycles. The Balaban J connectivity index is 2.49. The van der Waals surface area contributed by atoms with Gasteiger partial charge < -0.3 is 5.32 Å². The Hall–Kier alpha value is -1.08. The van der Waals surface area contributed by atoms with Gasteiger partial charge in [0.1, 0.15) is 0 Å². The highest BCUT2D eigenvalue weighted by molar-refractivity contribution is 5.26. The molecule has 1 atom stereocenters. The molecule has 0 saturated heterocycles. The van der Waals surface area contributed by atoms with Crippen molar-refractivity contribution < 1.29 is 0 Å². The standard InChI is InChI=1S/C15H23N/c1-4-5-6-11-15(16-3)12-14-10-8-7-9-13(14)2/h4,7-10,15-16H,1,5-6,11-12H2,2-3H3. The Morgan fingerprint density at radius 1 is 1.38 bits per heavy atom. The summed E-state index contributed by atoms with van der Waals surface area (Å²) in [6, 6.07) is 9.23. The second-order valence-corrected chi connectivity index (χ2v) is 4.34. The van der Waals surface area contributed by atoms with Crippen LogP contribution in [0.4, 0.5) is 0 Å². The van der Waals surface area contributed by atoms with E-state index in [1.807, 2.05) is 6.08 Å². The highest BCUT2D eigenvalue weighted by atomic mass is 14.9. The number of aryl methyl sites for hydroxylation is 1. The van der Waals surface area contributed by atoms with Crippen LogP contribution in [0.5, 0.6) is 0 Å². The fourth-order valence-electron chi connectivity index (χ4n) is 1.96. The summed E-state index contributed by atoms with van der Waals surface area (Å²) in [6.45, 7) is 5.95. The highest BCUT2D eigenvalue weighted by Crippen LogP contribution is 2.12. The Morgan fingerprint density at radius 2 is 2.12 bits per heavy atom. The Morgan fingerprint density at radius 3 is 2.75 bits per heavy atom. The summed E-state index contributed by atoms with van der Waals surface area (Å²) >= 11 is 0. The number of nitrogens with one attached hydrogen (secondary N) is 1. The summed E-state index contributed by atoms with van der Waals surface area (Å²) in [6.07, 6.45) is 6.69. The van der Waals surface area contributed by atoms with Crippen LogP contribution < -0.4 is 5.32 Å². The smallest absolute Gasteiger partial charge is 0.0105 e. The predicted octanol–water partition coefficient (Wildman–Crippen LogP) is 3.48. The molecule has 0 saturated carbocycles. The fraction of sp³-hybridized carbons (Fsp3) is 0.467. The molecule has 0 aromatic heterocycles. The summed E-state index contributed by atoms with van der Waals surface area (Å²) in [5, 5.41) is 3.40. The average Bonchev–Trinajstić information content (AvgIpc) is 2.30. The van der Waals surface area contributed by atoms with Crippen LogP contribution >= 0.6 is 0 Å². The molecule has 88 valence electrons. The maximum Gasteiger partial charge on any atom is 0.0105 e. The normalized spacial score (nSPS) is 12.4. The zero-order valence-corrected chi connectivity index (χ0v) is 10.5. The van der Waals surface area contributed by atoms with E-state index < -0.39 is 0 Å². The molecule has 0 bridgehead atoms. The lowest BCUT2D eigenvalue weighted by Gasteiger charge is -2.17. The first-order valence-electron chi connectivity index (χ1n) is 6.10. The van der Waals surface area contributed by atoms with Crippen LogP contribution in [0.3, 0.4) is 0 Å². The molecule has 0 heterocycles. The third-order valence-electron chi connectivity index (χ3n) is 3.10. The van der Waals surface area contributed by atoms with E-state index in [9.17, 15) is 0 Å². The van der Waals surface area contributed by atoms with Gasteiger partial charge in [0.2, 0.25) is 0 Å². The zero-order valence-electron chi connectivity index (χ0n) is 10.5. The Bertz CT molecular complexity index is 317. The number of hydrogen-bond acceptors (Lipinski definition) is 1. The minimum atomic E-state index is 0.584. The Kier molecular flexibility index (Phi) is 5.87. The van der Waals surface area contributed by atoms with Crippen LogP contribution in [0, 0.1) is 6.92 Å². The van der Waals surface area contributed by atoms with Crippen molar-refractivity contribution in [3.8, 4) is 0 Å². The lowest BCUT2D eigenvalue weighted by Crippen LogP contribution is -2.27. The molecule has 0 amide bonds. The lowest BCUT2D eigenvalue weighted by molar-refractivity contribution is 0.503. The number of hydrogen-bond donors (Lipinski definition) is 1. The maximum absolute atomic E-state index is 3.76. The van der Waals surface area contributed by atoms with E-state index in [2.05, 4.69) is 50.1 Å². The van der Waals surface area contributed by atoms with Crippen LogP contribution in [0.15, 0.2) is 36.9 Å². The van der Waals surface area contributed by atoms with Crippen LogP contribution in [-0.4, -0.2) is 13.1 Å². The average molecular weight is 217 g/mol. The summed E-state index contributed by atoms with van der Waals surface area (Å²) in [5.41, 5.74) is 2.85. The van der Waals surface area contributed by atoms with Gasteiger partial charge in [-0.15, -0.1) is 6.58 Å². The zero-order chi connectivity index (χ0) is 11.8. The van der Waals surface area contributed by atoms with Gasteiger partial charge in [0.25, 0.3) is 0 Å². The SMILES string of the molecule is C=CCCCC(Cc1ccccc1C)NC. The molecule has 0 aliphatic rings. The van der Waals surface area contributed by atoms with E-state index in [-0.39, 0.29) is 0 Å². The van der Waals surface area contributed by atoms with Crippen molar-refractivity contribution in [2.45, 2.75) is 38.6 Å². The van der Waals surface area contributed by atoms with E-state index in [1.165, 1.54) is 24.0 Å². The first-order valence-corrected chi connectivity index (χ1v) is 6.10. The summed E-state index contributed by atoms with van der Waals surface area (Å²) in [7, 11) is 2.05. The largest absolute Gasteiger partial charge is 0.317 e. The molecule has 0 radical (unpaired) electrons. The number of unbranched alkanes of at least 4 members (excludes halogenated alkanes) is 1. The van der Waals surface area contributed by atoms with Crippen molar-refractivity contribution in [3.05, 3.63) is 48.0 Å². The van der Waals surface area contributed by atoms with Crippen molar-refractivity contribution in [1.29, 1.82) is 0 Å². The lowest BCUT2D eigenvalue weighted by atomic mass is 9.98. The molecule has 0 fully saturated rings. The van der Waals surface area contributed by atoms with Crippen molar-refractivity contribution in [3.63, 3.8) is 0 Å². The van der Waals surface area contributed by atoms with Gasteiger partial charge in [0, 0.05) is 6.04 Å². The molecule has 0 spiro atoms. The number of likely N-dealkylation sites (N-methyl/N-ethyl adjacent to an activating group) is 1. The predicted molar refractivity (Wildman–Crippen MR) is 71.8 cm³/mol. The van der Waals surface area contributed by atoms with Crippen LogP contribution in [0.25, 0.3) is 0 Å². The fourth-order valence-corrected chi connectivity index (χ4v) is 1.96. The van der Waals surface area contributed by atoms with E-state index in [4.69, 9.17) is 0 Å². The molecular weight excluding hydrogens is 194 g/mol. The number of rotatable bonds is 7. The van der Waals surface area contributed by atoms with Crippen LogP contribution in [-0.2, 0) is 6.42 Å². The molecule has 0 aliphatic heterocycles. The van der Waals surface area contributed by atoms with E-state index in [0.717, 1.165) is 12.8 Å². The second-order valence-electron chi connectivity index (χ2n) is 4.34. The first kappa shape index (κ1) is 13.0. The second kappa shape index (κ2) is 7.24. The van der Waals surface area contributed by atoms with E-state index in [1.54, 1.807) is 0 Å². The molecule has 1 unspecified atom stereocenters. The van der Waals surface area contributed by atoms with Gasteiger partial charge in [-0.25, -0.2) is 0 Å². The van der Waals surface area contributed by atoms with Gasteiger partial charge in [-0.2, -0.15) is 0 Å². The third kappa shape index (κ3) is 4.19. The summed E-state index contributed by atoms with van der Waals surface area (Å²) < 4.78 is 0. The maximum atomic E-state index is 3.76. The number of allylic oxidation sites excluding steroid dienone is 1. The topological polar surface area (TPSA) is 12.0 Å². The Labute approximate surface area is 99.6 Å². The van der Waals surface area contributed by atoms with Gasteiger partial charge >= 0.3 is 0 Å². The van der Waals surface area contributed by atoms with Crippen LogP contribution in [0.1, 0.15) is 30.4 Å². The van der Waals surface area contributed by atoms with Gasteiger partial charge in [-0.3, -0.25) is 0 Å². The van der Waals surface area contributed by atoms with Crippen molar-refractivity contribution in [1.82, 2.24) is 5.32 Å². The van der Waals surface area contributed by atoms with Crippen molar-refractivity contribution in [2.24, 2.45) is 0 Å². The van der Waals surface area contributed by atoms with Gasteiger partial charge in [0.15, 0.2) is 0 Å². The summed E-state index contributed by atoms with van der Waals surface area (Å²) in [4.78, 5) is 0. The third-order valence-corrected chi connectivity index (χ3v) is 3.10. The minimum absolute atomic E-state index is 0.584. The molecular formula is C15H23N. The summed E-state index contributed by atoms with van der Waals surface area (Å²) in [5.74, 6) is 0.